The Morgan fingerprint density at radius 1 is 1.18 bits per heavy atom. The molecule has 0 fully saturated rings. The van der Waals surface area contributed by atoms with Gasteiger partial charge in [-0.2, -0.15) is 0 Å². The quantitative estimate of drug-likeness (QED) is 0.824. The molecule has 0 radical (unpaired) electrons. The first kappa shape index (κ1) is 16.5. The fourth-order valence-electron chi connectivity index (χ4n) is 1.74. The van der Waals surface area contributed by atoms with E-state index in [0.717, 1.165) is 5.56 Å². The van der Waals surface area contributed by atoms with Gasteiger partial charge in [0.1, 0.15) is 6.61 Å². The predicted octanol–water partition coefficient (Wildman–Crippen LogP) is 3.55. The third kappa shape index (κ3) is 4.34. The van der Waals surface area contributed by atoms with Crippen LogP contribution in [0.4, 0.5) is 0 Å². The van der Waals surface area contributed by atoms with Crippen molar-refractivity contribution >= 4 is 46.4 Å². The van der Waals surface area contributed by atoms with E-state index in [1.54, 1.807) is 0 Å². The second-order valence-electron chi connectivity index (χ2n) is 4.36. The minimum Gasteiger partial charge on any atom is -0.486 e. The second-order valence-corrected chi connectivity index (χ2v) is 5.62. The van der Waals surface area contributed by atoms with Gasteiger partial charge in [-0.05, 0) is 29.9 Å². The van der Waals surface area contributed by atoms with Crippen LogP contribution in [-0.4, -0.2) is 11.0 Å². The van der Waals surface area contributed by atoms with E-state index in [-0.39, 0.29) is 20.7 Å². The van der Waals surface area contributed by atoms with Gasteiger partial charge < -0.3 is 10.5 Å². The summed E-state index contributed by atoms with van der Waals surface area (Å²) in [6.45, 7) is 0.318. The maximum Gasteiger partial charge on any atom is 0.257 e. The molecule has 0 bridgehead atoms. The van der Waals surface area contributed by atoms with Gasteiger partial charge in [-0.1, -0.05) is 53.5 Å². The molecule has 3 N–H and O–H groups in total. The fraction of sp³-hybridized carbons (Fsp3) is 0.0667. The average Bonchev–Trinajstić information content (AvgIpc) is 2.46. The summed E-state index contributed by atoms with van der Waals surface area (Å²) in [5.74, 6) is -0.162. The molecule has 2 rings (SSSR count). The van der Waals surface area contributed by atoms with E-state index >= 15 is 0 Å². The zero-order chi connectivity index (χ0) is 16.1. The van der Waals surface area contributed by atoms with E-state index in [1.165, 1.54) is 12.1 Å². The zero-order valence-corrected chi connectivity index (χ0v) is 13.6. The molecule has 7 heteroatoms. The van der Waals surface area contributed by atoms with Gasteiger partial charge >= 0.3 is 0 Å². The minimum absolute atomic E-state index is 0.123. The molecule has 0 saturated carbocycles. The van der Waals surface area contributed by atoms with Crippen molar-refractivity contribution in [2.24, 2.45) is 5.73 Å². The Bertz CT molecular complexity index is 685. The zero-order valence-electron chi connectivity index (χ0n) is 11.3. The monoisotopic (exact) mass is 354 g/mol. The van der Waals surface area contributed by atoms with Crippen molar-refractivity contribution in [1.82, 2.24) is 5.32 Å². The highest BCUT2D eigenvalue weighted by Gasteiger charge is 2.14. The fourth-order valence-corrected chi connectivity index (χ4v) is 2.43. The van der Waals surface area contributed by atoms with Crippen molar-refractivity contribution in [2.45, 2.75) is 6.61 Å². The summed E-state index contributed by atoms with van der Waals surface area (Å²) in [6, 6.07) is 12.5. The van der Waals surface area contributed by atoms with Gasteiger partial charge in [0.15, 0.2) is 10.9 Å². The highest BCUT2D eigenvalue weighted by atomic mass is 35.5. The van der Waals surface area contributed by atoms with E-state index in [0.29, 0.717) is 12.4 Å². The molecule has 0 aliphatic heterocycles. The van der Waals surface area contributed by atoms with Crippen LogP contribution >= 0.6 is 35.4 Å². The van der Waals surface area contributed by atoms with Crippen molar-refractivity contribution < 1.29 is 9.53 Å². The molecule has 22 heavy (non-hydrogen) atoms. The Labute approximate surface area is 143 Å². The van der Waals surface area contributed by atoms with Crippen LogP contribution in [-0.2, 0) is 6.61 Å². The smallest absolute Gasteiger partial charge is 0.257 e. The number of halogens is 2. The molecule has 0 aliphatic rings. The number of carbonyl (C=O) groups excluding carboxylic acids is 1. The van der Waals surface area contributed by atoms with Crippen molar-refractivity contribution in [1.29, 1.82) is 0 Å². The molecule has 1 amide bonds. The molecule has 114 valence electrons. The summed E-state index contributed by atoms with van der Waals surface area (Å²) in [6.07, 6.45) is 0. The Balaban J connectivity index is 2.16. The lowest BCUT2D eigenvalue weighted by Crippen LogP contribution is -2.34. The molecule has 0 heterocycles. The molecule has 0 saturated heterocycles. The van der Waals surface area contributed by atoms with E-state index in [1.807, 2.05) is 30.3 Å². The molecule has 0 aromatic heterocycles. The maximum atomic E-state index is 11.8. The van der Waals surface area contributed by atoms with E-state index < -0.39 is 5.91 Å². The Kier molecular flexibility index (Phi) is 5.60. The predicted molar refractivity (Wildman–Crippen MR) is 91.5 cm³/mol. The number of thiocarbonyl (C=S) groups is 1. The van der Waals surface area contributed by atoms with Gasteiger partial charge in [0.2, 0.25) is 0 Å². The number of hydrogen-bond acceptors (Lipinski definition) is 3. The molecule has 0 spiro atoms. The van der Waals surface area contributed by atoms with Crippen molar-refractivity contribution in [2.75, 3.05) is 0 Å². The lowest BCUT2D eigenvalue weighted by molar-refractivity contribution is 0.0977. The van der Waals surface area contributed by atoms with Crippen molar-refractivity contribution in [3.8, 4) is 5.75 Å². The van der Waals surface area contributed by atoms with Crippen LogP contribution in [0.5, 0.6) is 5.75 Å². The summed E-state index contributed by atoms with van der Waals surface area (Å²) in [5, 5.41) is 2.65. The van der Waals surface area contributed by atoms with Gasteiger partial charge in [-0.3, -0.25) is 10.1 Å². The van der Waals surface area contributed by atoms with Crippen LogP contribution in [0.3, 0.4) is 0 Å². The van der Waals surface area contributed by atoms with Gasteiger partial charge in [0, 0.05) is 5.56 Å². The Morgan fingerprint density at radius 2 is 1.77 bits per heavy atom. The third-order valence-electron chi connectivity index (χ3n) is 2.72. The first-order chi connectivity index (χ1) is 10.5. The number of ether oxygens (including phenoxy) is 1. The lowest BCUT2D eigenvalue weighted by atomic mass is 10.2. The number of rotatable bonds is 4. The SMILES string of the molecule is NC(=S)NC(=O)c1cc(Cl)c(OCc2ccccc2)c(Cl)c1. The number of nitrogens with two attached hydrogens (primary N) is 1. The van der Waals surface area contributed by atoms with E-state index in [4.69, 9.17) is 33.7 Å². The third-order valence-corrected chi connectivity index (χ3v) is 3.39. The van der Waals surface area contributed by atoms with E-state index in [9.17, 15) is 4.79 Å². The van der Waals surface area contributed by atoms with Crippen LogP contribution in [0.2, 0.25) is 10.0 Å². The summed E-state index contributed by atoms with van der Waals surface area (Å²) < 4.78 is 5.62. The lowest BCUT2D eigenvalue weighted by Gasteiger charge is -2.12. The van der Waals surface area contributed by atoms with Crippen molar-refractivity contribution in [3.63, 3.8) is 0 Å². The summed E-state index contributed by atoms with van der Waals surface area (Å²) in [4.78, 5) is 11.8. The number of amides is 1. The normalized spacial score (nSPS) is 10.1. The second kappa shape index (κ2) is 7.45. The molecule has 0 atom stereocenters. The molecule has 2 aromatic rings. The highest BCUT2D eigenvalue weighted by Crippen LogP contribution is 2.34. The van der Waals surface area contributed by atoms with Crippen LogP contribution in [0.25, 0.3) is 0 Å². The molecular weight excluding hydrogens is 343 g/mol. The first-order valence-corrected chi connectivity index (χ1v) is 7.40. The largest absolute Gasteiger partial charge is 0.486 e. The number of hydrogen-bond donors (Lipinski definition) is 2. The highest BCUT2D eigenvalue weighted by molar-refractivity contribution is 7.80. The van der Waals surface area contributed by atoms with Crippen LogP contribution in [0.15, 0.2) is 42.5 Å². The number of benzene rings is 2. The Hall–Kier alpha value is -1.82. The topological polar surface area (TPSA) is 64.3 Å². The minimum atomic E-state index is -0.481. The van der Waals surface area contributed by atoms with Crippen molar-refractivity contribution in [3.05, 3.63) is 63.6 Å². The first-order valence-electron chi connectivity index (χ1n) is 6.24. The van der Waals surface area contributed by atoms with Crippen LogP contribution in [0, 0.1) is 0 Å². The van der Waals surface area contributed by atoms with Crippen LogP contribution in [0.1, 0.15) is 15.9 Å². The molecular formula is C15H12Cl2N2O2S. The average molecular weight is 355 g/mol. The Morgan fingerprint density at radius 3 is 2.32 bits per heavy atom. The van der Waals surface area contributed by atoms with E-state index in [2.05, 4.69) is 17.5 Å². The molecule has 0 aliphatic carbocycles. The van der Waals surface area contributed by atoms with Gasteiger partial charge in [-0.25, -0.2) is 0 Å². The van der Waals surface area contributed by atoms with Gasteiger partial charge in [0.25, 0.3) is 5.91 Å². The van der Waals surface area contributed by atoms with Crippen LogP contribution < -0.4 is 15.8 Å². The van der Waals surface area contributed by atoms with Gasteiger partial charge in [0.05, 0.1) is 10.0 Å². The number of nitrogens with one attached hydrogen (secondary N) is 1. The maximum absolute atomic E-state index is 11.8. The summed E-state index contributed by atoms with van der Waals surface area (Å²) in [5.41, 5.74) is 6.48. The standard InChI is InChI=1S/C15H12Cl2N2O2S/c16-11-6-10(14(20)19-15(18)22)7-12(17)13(11)21-8-9-4-2-1-3-5-9/h1-7H,8H2,(H3,18,19,20,22). The molecule has 2 aromatic carbocycles. The molecule has 0 unspecified atom stereocenters. The van der Waals surface area contributed by atoms with Gasteiger partial charge in [-0.15, -0.1) is 0 Å². The molecule has 4 nitrogen and oxygen atoms in total. The summed E-state index contributed by atoms with van der Waals surface area (Å²) in [7, 11) is 0. The summed E-state index contributed by atoms with van der Waals surface area (Å²) >= 11 is 16.9. The number of carbonyl (C=O) groups is 1.